The molecular formula is C11H11ClN2O4S. The van der Waals surface area contributed by atoms with Crippen LogP contribution in [-0.4, -0.2) is 18.7 Å². The van der Waals surface area contributed by atoms with Crippen LogP contribution in [0.1, 0.15) is 11.5 Å². The van der Waals surface area contributed by atoms with Crippen molar-refractivity contribution in [1.82, 2.24) is 5.16 Å². The van der Waals surface area contributed by atoms with E-state index in [4.69, 9.17) is 16.1 Å². The van der Waals surface area contributed by atoms with Gasteiger partial charge in [-0.05, 0) is 32.0 Å². The molecule has 2 N–H and O–H groups in total. The van der Waals surface area contributed by atoms with Crippen molar-refractivity contribution in [1.29, 1.82) is 0 Å². The molecule has 8 heteroatoms. The summed E-state index contributed by atoms with van der Waals surface area (Å²) in [5.41, 5.74) is 0.235. The molecule has 0 fully saturated rings. The Labute approximate surface area is 115 Å². The lowest BCUT2D eigenvalue weighted by atomic mass is 10.3. The lowest BCUT2D eigenvalue weighted by Gasteiger charge is -2.09. The Bertz CT molecular complexity index is 705. The second kappa shape index (κ2) is 4.75. The second-order valence-electron chi connectivity index (χ2n) is 3.92. The molecule has 0 radical (unpaired) electrons. The number of sulfonamides is 1. The highest BCUT2D eigenvalue weighted by Gasteiger charge is 2.25. The number of nitrogens with zero attached hydrogens (tertiary/aromatic N) is 1. The third kappa shape index (κ3) is 2.66. The first-order valence-electron chi connectivity index (χ1n) is 5.25. The van der Waals surface area contributed by atoms with Gasteiger partial charge in [-0.25, -0.2) is 8.42 Å². The first kappa shape index (κ1) is 13.7. The molecule has 0 amide bonds. The quantitative estimate of drug-likeness (QED) is 0.850. The molecule has 0 saturated heterocycles. The maximum Gasteiger partial charge on any atom is 0.267 e. The van der Waals surface area contributed by atoms with Gasteiger partial charge in [0.1, 0.15) is 11.4 Å². The number of aromatic hydroxyl groups is 1. The Morgan fingerprint density at radius 3 is 2.63 bits per heavy atom. The van der Waals surface area contributed by atoms with Crippen molar-refractivity contribution in [2.24, 2.45) is 0 Å². The van der Waals surface area contributed by atoms with E-state index in [0.717, 1.165) is 0 Å². The number of rotatable bonds is 3. The van der Waals surface area contributed by atoms with Gasteiger partial charge in [-0.15, -0.1) is 0 Å². The maximum atomic E-state index is 12.2. The van der Waals surface area contributed by atoms with Gasteiger partial charge in [-0.3, -0.25) is 4.72 Å². The highest BCUT2D eigenvalue weighted by molar-refractivity contribution is 7.92. The molecule has 0 aliphatic rings. The molecule has 0 unspecified atom stereocenters. The average molecular weight is 303 g/mol. The third-order valence-corrected chi connectivity index (χ3v) is 4.28. The summed E-state index contributed by atoms with van der Waals surface area (Å²) in [4.78, 5) is -0.0492. The van der Waals surface area contributed by atoms with E-state index in [9.17, 15) is 13.5 Å². The summed E-state index contributed by atoms with van der Waals surface area (Å²) >= 11 is 5.76. The second-order valence-corrected chi connectivity index (χ2v) is 5.98. The maximum absolute atomic E-state index is 12.2. The fourth-order valence-corrected chi connectivity index (χ4v) is 3.21. The van der Waals surface area contributed by atoms with Gasteiger partial charge in [0, 0.05) is 5.02 Å². The summed E-state index contributed by atoms with van der Waals surface area (Å²) in [6.07, 6.45) is 0. The van der Waals surface area contributed by atoms with E-state index in [1.54, 1.807) is 0 Å². The molecular weight excluding hydrogens is 292 g/mol. The van der Waals surface area contributed by atoms with Crippen molar-refractivity contribution < 1.29 is 18.0 Å². The van der Waals surface area contributed by atoms with E-state index < -0.39 is 10.0 Å². The predicted octanol–water partition coefficient (Wildman–Crippen LogP) is 2.45. The van der Waals surface area contributed by atoms with Crippen LogP contribution in [0.4, 0.5) is 5.69 Å². The molecule has 0 aliphatic carbocycles. The molecule has 1 heterocycles. The van der Waals surface area contributed by atoms with Crippen molar-refractivity contribution >= 4 is 27.3 Å². The minimum absolute atomic E-state index is 0.00694. The average Bonchev–Trinajstić information content (AvgIpc) is 2.64. The summed E-state index contributed by atoms with van der Waals surface area (Å²) in [5.74, 6) is -0.0498. The van der Waals surface area contributed by atoms with E-state index >= 15 is 0 Å². The van der Waals surface area contributed by atoms with Crippen LogP contribution in [0.25, 0.3) is 0 Å². The zero-order valence-corrected chi connectivity index (χ0v) is 11.7. The van der Waals surface area contributed by atoms with Gasteiger partial charge in [0.25, 0.3) is 10.0 Å². The van der Waals surface area contributed by atoms with E-state index in [-0.39, 0.29) is 27.8 Å². The Morgan fingerprint density at radius 1 is 1.37 bits per heavy atom. The fraction of sp³-hybridized carbons (Fsp3) is 0.182. The number of phenolic OH excluding ortho intramolecular Hbond substituents is 1. The van der Waals surface area contributed by atoms with E-state index in [1.165, 1.54) is 32.0 Å². The van der Waals surface area contributed by atoms with Crippen LogP contribution in [0.5, 0.6) is 5.75 Å². The number of hydrogen-bond donors (Lipinski definition) is 2. The first-order chi connectivity index (χ1) is 8.81. The SMILES string of the molecule is Cc1noc(C)c1S(=O)(=O)Nc1cc(Cl)ccc1O. The van der Waals surface area contributed by atoms with Gasteiger partial charge in [0.15, 0.2) is 10.7 Å². The number of phenols is 1. The molecule has 0 atom stereocenters. The first-order valence-corrected chi connectivity index (χ1v) is 7.11. The number of aromatic nitrogens is 1. The minimum atomic E-state index is -3.90. The predicted molar refractivity (Wildman–Crippen MR) is 69.9 cm³/mol. The molecule has 0 spiro atoms. The van der Waals surface area contributed by atoms with Crippen molar-refractivity contribution in [2.75, 3.05) is 4.72 Å². The van der Waals surface area contributed by atoms with E-state index in [1.807, 2.05) is 0 Å². The number of hydrogen-bond acceptors (Lipinski definition) is 5. The van der Waals surface area contributed by atoms with Crippen LogP contribution < -0.4 is 4.72 Å². The molecule has 6 nitrogen and oxygen atoms in total. The molecule has 0 saturated carbocycles. The molecule has 0 bridgehead atoms. The van der Waals surface area contributed by atoms with Crippen molar-refractivity contribution in [3.8, 4) is 5.75 Å². The number of anilines is 1. The summed E-state index contributed by atoms with van der Waals surface area (Å²) < 4.78 is 31.5. The zero-order chi connectivity index (χ0) is 14.2. The summed E-state index contributed by atoms with van der Waals surface area (Å²) in [5, 5.41) is 13.5. The Morgan fingerprint density at radius 2 is 2.05 bits per heavy atom. The Balaban J connectivity index is 2.45. The Hall–Kier alpha value is -1.73. The normalized spacial score (nSPS) is 11.5. The summed E-state index contributed by atoms with van der Waals surface area (Å²) in [7, 11) is -3.90. The van der Waals surface area contributed by atoms with Crippen LogP contribution in [0.3, 0.4) is 0 Å². The lowest BCUT2D eigenvalue weighted by Crippen LogP contribution is -2.14. The summed E-state index contributed by atoms with van der Waals surface area (Å²) in [6.45, 7) is 3.01. The minimum Gasteiger partial charge on any atom is -0.506 e. The number of halogens is 1. The van der Waals surface area contributed by atoms with Gasteiger partial charge in [-0.1, -0.05) is 16.8 Å². The van der Waals surface area contributed by atoms with Gasteiger partial charge in [0.05, 0.1) is 5.69 Å². The molecule has 0 aliphatic heterocycles. The van der Waals surface area contributed by atoms with E-state index in [0.29, 0.717) is 5.02 Å². The summed E-state index contributed by atoms with van der Waals surface area (Å²) in [6, 6.07) is 4.06. The van der Waals surface area contributed by atoms with Crippen LogP contribution in [0.15, 0.2) is 27.6 Å². The highest BCUT2D eigenvalue weighted by atomic mass is 35.5. The van der Waals surface area contributed by atoms with Gasteiger partial charge in [0.2, 0.25) is 0 Å². The van der Waals surface area contributed by atoms with Crippen LogP contribution in [-0.2, 0) is 10.0 Å². The number of aryl methyl sites for hydroxylation is 2. The van der Waals surface area contributed by atoms with Crippen LogP contribution in [0.2, 0.25) is 5.02 Å². The fourth-order valence-electron chi connectivity index (χ4n) is 1.64. The lowest BCUT2D eigenvalue weighted by molar-refractivity contribution is 0.390. The van der Waals surface area contributed by atoms with Crippen LogP contribution >= 0.6 is 11.6 Å². The zero-order valence-electron chi connectivity index (χ0n) is 10.1. The molecule has 102 valence electrons. The van der Waals surface area contributed by atoms with Gasteiger partial charge in [-0.2, -0.15) is 0 Å². The van der Waals surface area contributed by atoms with Gasteiger partial charge >= 0.3 is 0 Å². The largest absolute Gasteiger partial charge is 0.506 e. The van der Waals surface area contributed by atoms with Gasteiger partial charge < -0.3 is 9.63 Å². The number of nitrogens with one attached hydrogen (secondary N) is 1. The van der Waals surface area contributed by atoms with Crippen LogP contribution in [0, 0.1) is 13.8 Å². The monoisotopic (exact) mass is 302 g/mol. The van der Waals surface area contributed by atoms with Crippen molar-refractivity contribution in [3.05, 3.63) is 34.7 Å². The van der Waals surface area contributed by atoms with Crippen molar-refractivity contribution in [3.63, 3.8) is 0 Å². The smallest absolute Gasteiger partial charge is 0.267 e. The highest BCUT2D eigenvalue weighted by Crippen LogP contribution is 2.30. The third-order valence-electron chi connectivity index (χ3n) is 2.44. The van der Waals surface area contributed by atoms with Crippen molar-refractivity contribution in [2.45, 2.75) is 18.7 Å². The topological polar surface area (TPSA) is 92.4 Å². The van der Waals surface area contributed by atoms with E-state index in [2.05, 4.69) is 9.88 Å². The standard InChI is InChI=1S/C11H11ClN2O4S/c1-6-11(7(2)18-13-6)19(16,17)14-9-5-8(12)3-4-10(9)15/h3-5,14-15H,1-2H3. The Kier molecular flexibility index (Phi) is 3.42. The molecule has 1 aromatic carbocycles. The molecule has 19 heavy (non-hydrogen) atoms. The molecule has 2 rings (SSSR count). The number of benzene rings is 1. The molecule has 2 aromatic rings. The molecule has 1 aromatic heterocycles.